The van der Waals surface area contributed by atoms with Crippen molar-refractivity contribution in [2.45, 2.75) is 26.1 Å². The van der Waals surface area contributed by atoms with E-state index in [4.69, 9.17) is 0 Å². The van der Waals surface area contributed by atoms with Gasteiger partial charge < -0.3 is 4.57 Å². The Morgan fingerprint density at radius 1 is 1.26 bits per heavy atom. The third-order valence-corrected chi connectivity index (χ3v) is 4.11. The maximum Gasteiger partial charge on any atom is 0.418 e. The fourth-order valence-corrected chi connectivity index (χ4v) is 3.06. The van der Waals surface area contributed by atoms with Gasteiger partial charge >= 0.3 is 11.9 Å². The number of rotatable bonds is 2. The van der Waals surface area contributed by atoms with E-state index in [1.807, 2.05) is 6.92 Å². The van der Waals surface area contributed by atoms with Gasteiger partial charge in [0.2, 0.25) is 0 Å². The second-order valence-electron chi connectivity index (χ2n) is 6.09. The first-order valence-electron chi connectivity index (χ1n) is 7.41. The van der Waals surface area contributed by atoms with E-state index < -0.39 is 17.4 Å². The van der Waals surface area contributed by atoms with E-state index in [0.717, 1.165) is 30.0 Å². The molecule has 1 aliphatic heterocycles. The van der Waals surface area contributed by atoms with Crippen molar-refractivity contribution in [1.29, 1.82) is 0 Å². The molecule has 0 atom stereocenters. The lowest BCUT2D eigenvalue weighted by Crippen LogP contribution is -2.29. The fraction of sp³-hybridized carbons (Fsp3) is 0.438. The van der Waals surface area contributed by atoms with Gasteiger partial charge in [0.15, 0.2) is 0 Å². The minimum Gasteiger partial charge on any atom is -0.301 e. The maximum atomic E-state index is 13.3. The van der Waals surface area contributed by atoms with Gasteiger partial charge in [0.25, 0.3) is 0 Å². The summed E-state index contributed by atoms with van der Waals surface area (Å²) in [5.74, 6) is 0. The summed E-state index contributed by atoms with van der Waals surface area (Å²) < 4.78 is 42.3. The summed E-state index contributed by atoms with van der Waals surface area (Å²) in [5, 5.41) is 0. The van der Waals surface area contributed by atoms with Crippen molar-refractivity contribution in [3.05, 3.63) is 51.7 Å². The molecule has 7 heteroatoms. The molecule has 0 saturated carbocycles. The molecule has 0 bridgehead atoms. The summed E-state index contributed by atoms with van der Waals surface area (Å²) in [6.07, 6.45) is 1.28. The van der Waals surface area contributed by atoms with Crippen LogP contribution in [-0.4, -0.2) is 27.0 Å². The van der Waals surface area contributed by atoms with Gasteiger partial charge in [-0.05, 0) is 25.0 Å². The summed E-state index contributed by atoms with van der Waals surface area (Å²) in [4.78, 5) is 14.1. The molecule has 0 spiro atoms. The van der Waals surface area contributed by atoms with Crippen molar-refractivity contribution >= 4 is 5.52 Å². The fourth-order valence-electron chi connectivity index (χ4n) is 3.06. The Labute approximate surface area is 131 Å². The van der Waals surface area contributed by atoms with Crippen LogP contribution in [0.5, 0.6) is 0 Å². The van der Waals surface area contributed by atoms with Crippen molar-refractivity contribution in [3.63, 3.8) is 0 Å². The SMILES string of the molecule is CC1=CCCN(Cc2cc(C(F)(F)F)c3cn(C)c(=O)n3c2)C1. The lowest BCUT2D eigenvalue weighted by atomic mass is 10.1. The topological polar surface area (TPSA) is 29.7 Å². The Kier molecular flexibility index (Phi) is 3.83. The minimum absolute atomic E-state index is 0.108. The van der Waals surface area contributed by atoms with Crippen molar-refractivity contribution in [2.24, 2.45) is 7.05 Å². The number of hydrogen-bond acceptors (Lipinski definition) is 2. The third-order valence-electron chi connectivity index (χ3n) is 4.11. The molecule has 23 heavy (non-hydrogen) atoms. The van der Waals surface area contributed by atoms with Gasteiger partial charge in [0.05, 0.1) is 11.1 Å². The molecule has 4 nitrogen and oxygen atoms in total. The average Bonchev–Trinajstić information content (AvgIpc) is 2.73. The van der Waals surface area contributed by atoms with Crippen LogP contribution in [0.4, 0.5) is 13.2 Å². The first kappa shape index (κ1) is 15.9. The Bertz CT molecular complexity index is 829. The van der Waals surface area contributed by atoms with Gasteiger partial charge in [0, 0.05) is 39.1 Å². The molecule has 0 aromatic carbocycles. The lowest BCUT2D eigenvalue weighted by Gasteiger charge is -2.26. The summed E-state index contributed by atoms with van der Waals surface area (Å²) >= 11 is 0. The van der Waals surface area contributed by atoms with E-state index in [1.165, 1.54) is 29.6 Å². The van der Waals surface area contributed by atoms with Crippen LogP contribution >= 0.6 is 0 Å². The molecule has 0 radical (unpaired) electrons. The number of imidazole rings is 1. The van der Waals surface area contributed by atoms with Crippen LogP contribution in [-0.2, 0) is 19.8 Å². The highest BCUT2D eigenvalue weighted by atomic mass is 19.4. The number of fused-ring (bicyclic) bond motifs is 1. The number of aromatic nitrogens is 2. The molecule has 2 aromatic heterocycles. The maximum absolute atomic E-state index is 13.3. The predicted molar refractivity (Wildman–Crippen MR) is 81.3 cm³/mol. The van der Waals surface area contributed by atoms with Gasteiger partial charge in [-0.1, -0.05) is 11.6 Å². The molecule has 0 unspecified atom stereocenters. The summed E-state index contributed by atoms with van der Waals surface area (Å²) in [6, 6.07) is 1.16. The molecule has 0 aliphatic carbocycles. The van der Waals surface area contributed by atoms with Crippen LogP contribution in [0.2, 0.25) is 0 Å². The van der Waals surface area contributed by atoms with Crippen LogP contribution in [0.1, 0.15) is 24.5 Å². The van der Waals surface area contributed by atoms with Crippen LogP contribution in [0.25, 0.3) is 5.52 Å². The number of alkyl halides is 3. The largest absolute Gasteiger partial charge is 0.418 e. The molecule has 0 amide bonds. The molecular formula is C16H18F3N3O. The molecule has 3 heterocycles. The lowest BCUT2D eigenvalue weighted by molar-refractivity contribution is -0.136. The van der Waals surface area contributed by atoms with E-state index >= 15 is 0 Å². The van der Waals surface area contributed by atoms with Crippen molar-refractivity contribution in [3.8, 4) is 0 Å². The number of aryl methyl sites for hydroxylation is 1. The number of halogens is 3. The first-order chi connectivity index (χ1) is 10.8. The number of pyridine rings is 1. The molecule has 3 rings (SSSR count). The number of nitrogens with zero attached hydrogens (tertiary/aromatic N) is 3. The van der Waals surface area contributed by atoms with E-state index in [0.29, 0.717) is 12.1 Å². The van der Waals surface area contributed by atoms with Crippen LogP contribution in [0.3, 0.4) is 0 Å². The van der Waals surface area contributed by atoms with Gasteiger partial charge in [0.1, 0.15) is 0 Å². The summed E-state index contributed by atoms with van der Waals surface area (Å²) in [5.41, 5.74) is 0.362. The Balaban J connectivity index is 2.06. The van der Waals surface area contributed by atoms with Gasteiger partial charge in [-0.2, -0.15) is 13.2 Å². The predicted octanol–water partition coefficient (Wildman–Crippen LogP) is 2.81. The molecule has 124 valence electrons. The quantitative estimate of drug-likeness (QED) is 0.795. The Morgan fingerprint density at radius 3 is 2.65 bits per heavy atom. The molecule has 0 saturated heterocycles. The zero-order valence-electron chi connectivity index (χ0n) is 13.0. The second kappa shape index (κ2) is 5.56. The van der Waals surface area contributed by atoms with Crippen molar-refractivity contribution < 1.29 is 13.2 Å². The number of hydrogen-bond donors (Lipinski definition) is 0. The molecule has 1 aliphatic rings. The van der Waals surface area contributed by atoms with E-state index in [-0.39, 0.29) is 5.52 Å². The normalized spacial score (nSPS) is 16.8. The van der Waals surface area contributed by atoms with Crippen LogP contribution in [0, 0.1) is 0 Å². The highest BCUT2D eigenvalue weighted by Gasteiger charge is 2.34. The molecular weight excluding hydrogens is 307 g/mol. The Hall–Kier alpha value is -2.02. The van der Waals surface area contributed by atoms with Gasteiger partial charge in [-0.25, -0.2) is 4.79 Å². The molecule has 2 aromatic rings. The van der Waals surface area contributed by atoms with Gasteiger partial charge in [-0.15, -0.1) is 0 Å². The third kappa shape index (κ3) is 3.06. The van der Waals surface area contributed by atoms with Crippen molar-refractivity contribution in [1.82, 2.24) is 13.9 Å². The monoisotopic (exact) mass is 325 g/mol. The van der Waals surface area contributed by atoms with Crippen LogP contribution < -0.4 is 5.69 Å². The molecule has 0 fully saturated rings. The second-order valence-corrected chi connectivity index (χ2v) is 6.09. The van der Waals surface area contributed by atoms with Crippen molar-refractivity contribution in [2.75, 3.05) is 13.1 Å². The molecule has 0 N–H and O–H groups in total. The summed E-state index contributed by atoms with van der Waals surface area (Å²) in [7, 11) is 1.45. The van der Waals surface area contributed by atoms with Gasteiger partial charge in [-0.3, -0.25) is 9.30 Å². The van der Waals surface area contributed by atoms with E-state index in [9.17, 15) is 18.0 Å². The first-order valence-corrected chi connectivity index (χ1v) is 7.41. The highest BCUT2D eigenvalue weighted by molar-refractivity contribution is 5.56. The minimum atomic E-state index is -4.49. The average molecular weight is 325 g/mol. The smallest absolute Gasteiger partial charge is 0.301 e. The highest BCUT2D eigenvalue weighted by Crippen LogP contribution is 2.33. The summed E-state index contributed by atoms with van der Waals surface area (Å²) in [6.45, 7) is 3.95. The van der Waals surface area contributed by atoms with E-state index in [1.54, 1.807) is 0 Å². The zero-order valence-corrected chi connectivity index (χ0v) is 13.0. The van der Waals surface area contributed by atoms with Crippen LogP contribution in [0.15, 0.2) is 34.9 Å². The standard InChI is InChI=1S/C16H18F3N3O/c1-11-4-3-5-21(7-11)8-12-6-13(16(17,18)19)14-10-20(2)15(23)22(14)9-12/h4,6,9-10H,3,5,7-8H2,1-2H3. The van der Waals surface area contributed by atoms with E-state index in [2.05, 4.69) is 11.0 Å². The Morgan fingerprint density at radius 2 is 2.00 bits per heavy atom. The zero-order chi connectivity index (χ0) is 16.8.